The van der Waals surface area contributed by atoms with Crippen molar-refractivity contribution in [3.63, 3.8) is 0 Å². The van der Waals surface area contributed by atoms with Gasteiger partial charge in [-0.1, -0.05) is 48.5 Å². The first kappa shape index (κ1) is 28.1. The lowest BCUT2D eigenvalue weighted by Gasteiger charge is -2.22. The molecule has 38 heavy (non-hydrogen) atoms. The van der Waals surface area contributed by atoms with Gasteiger partial charge in [-0.2, -0.15) is 8.42 Å². The van der Waals surface area contributed by atoms with Crippen molar-refractivity contribution in [3.8, 4) is 0 Å². The lowest BCUT2D eigenvalue weighted by Crippen LogP contribution is -2.36. The molecule has 4 rings (SSSR count). The predicted octanol–water partition coefficient (Wildman–Crippen LogP) is 3.15. The van der Waals surface area contributed by atoms with Crippen molar-refractivity contribution >= 4 is 56.6 Å². The molecule has 0 aliphatic heterocycles. The van der Waals surface area contributed by atoms with Crippen LogP contribution in [-0.2, 0) is 21.4 Å². The summed E-state index contributed by atoms with van der Waals surface area (Å²) < 4.78 is 27.1. The van der Waals surface area contributed by atoms with Crippen molar-refractivity contribution in [2.24, 2.45) is 5.73 Å². The molecule has 0 radical (unpaired) electrons. The van der Waals surface area contributed by atoms with Crippen LogP contribution < -0.4 is 15.4 Å². The molecule has 0 fully saturated rings. The predicted molar refractivity (Wildman–Crippen MR) is 146 cm³/mol. The van der Waals surface area contributed by atoms with Gasteiger partial charge in [-0.25, -0.2) is 4.98 Å². The number of sulfonamides is 1. The maximum absolute atomic E-state index is 13.2. The van der Waals surface area contributed by atoms with Crippen molar-refractivity contribution in [2.75, 3.05) is 10.8 Å². The molecule has 3 aromatic carbocycles. The van der Waals surface area contributed by atoms with Gasteiger partial charge in [-0.05, 0) is 46.7 Å². The van der Waals surface area contributed by atoms with E-state index in [-0.39, 0.29) is 41.4 Å². The quantitative estimate of drug-likeness (QED) is 0.182. The molecule has 5 N–H and O–H groups in total. The molecule has 0 bridgehead atoms. The lowest BCUT2D eigenvalue weighted by atomic mass is 10.0. The first-order chi connectivity index (χ1) is 17.7. The number of nitrogen functional groups attached to an aromatic ring is 1. The summed E-state index contributed by atoms with van der Waals surface area (Å²) in [4.78, 5) is 28.3. The van der Waals surface area contributed by atoms with Gasteiger partial charge in [0.05, 0.1) is 5.69 Å². The molecule has 0 unspecified atom stereocenters. The number of amides is 1. The van der Waals surface area contributed by atoms with Gasteiger partial charge in [0.25, 0.3) is 15.9 Å². The summed E-state index contributed by atoms with van der Waals surface area (Å²) >= 11 is 0. The fourth-order valence-corrected chi connectivity index (χ4v) is 5.10. The number of nitrogens with two attached hydrogens (primary N) is 1. The first-order valence-electron chi connectivity index (χ1n) is 11.1. The number of pyridine rings is 1. The molecule has 0 aliphatic carbocycles. The fourth-order valence-electron chi connectivity index (χ4n) is 3.75. The van der Waals surface area contributed by atoms with Gasteiger partial charge in [0.1, 0.15) is 12.4 Å². The van der Waals surface area contributed by atoms with Crippen LogP contribution in [0.15, 0.2) is 90.1 Å². The average molecular weight is 554 g/mol. The van der Waals surface area contributed by atoms with E-state index >= 15 is 0 Å². The van der Waals surface area contributed by atoms with Gasteiger partial charge in [-0.15, -0.1) is 12.4 Å². The Bertz CT molecular complexity index is 1600. The van der Waals surface area contributed by atoms with Gasteiger partial charge in [-0.3, -0.25) is 19.3 Å². The van der Waals surface area contributed by atoms with E-state index in [0.717, 1.165) is 9.87 Å². The number of halogens is 1. The second kappa shape index (κ2) is 11.7. The zero-order chi connectivity index (χ0) is 26.6. The molecule has 0 saturated heterocycles. The zero-order valence-electron chi connectivity index (χ0n) is 19.9. The minimum absolute atomic E-state index is 0. The topological polar surface area (TPSA) is 167 Å². The highest BCUT2D eigenvalue weighted by Crippen LogP contribution is 2.28. The van der Waals surface area contributed by atoms with E-state index in [1.165, 1.54) is 30.5 Å². The van der Waals surface area contributed by atoms with E-state index in [1.54, 1.807) is 54.6 Å². The second-order valence-corrected chi connectivity index (χ2v) is 9.89. The van der Waals surface area contributed by atoms with Crippen molar-refractivity contribution in [3.05, 3.63) is 102 Å². The number of aromatic nitrogens is 1. The van der Waals surface area contributed by atoms with E-state index in [4.69, 9.17) is 11.1 Å². The Morgan fingerprint density at radius 1 is 1.00 bits per heavy atom. The average Bonchev–Trinajstić information content (AvgIpc) is 2.90. The molecular formula is C26H24ClN5O5S. The number of hydrogen-bond donors (Lipinski definition) is 4. The Balaban J connectivity index is 0.00000400. The molecule has 1 amide bonds. The summed E-state index contributed by atoms with van der Waals surface area (Å²) in [6.07, 6.45) is 1.31. The molecule has 196 valence electrons. The summed E-state index contributed by atoms with van der Waals surface area (Å²) in [6.45, 7) is -0.548. The van der Waals surface area contributed by atoms with Gasteiger partial charge in [0, 0.05) is 23.9 Å². The van der Waals surface area contributed by atoms with Crippen LogP contribution >= 0.6 is 12.4 Å². The lowest BCUT2D eigenvalue weighted by molar-refractivity contribution is -0.135. The highest BCUT2D eigenvalue weighted by atomic mass is 35.5. The summed E-state index contributed by atoms with van der Waals surface area (Å²) in [6, 6.07) is 20.9. The van der Waals surface area contributed by atoms with Crippen molar-refractivity contribution in [1.82, 2.24) is 10.3 Å². The molecule has 0 aliphatic rings. The van der Waals surface area contributed by atoms with Crippen molar-refractivity contribution in [2.45, 2.75) is 11.6 Å². The molecule has 0 spiro atoms. The van der Waals surface area contributed by atoms with E-state index in [1.807, 2.05) is 0 Å². The summed E-state index contributed by atoms with van der Waals surface area (Å²) in [7, 11) is -4.25. The van der Waals surface area contributed by atoms with Crippen LogP contribution in [0.1, 0.15) is 21.5 Å². The highest BCUT2D eigenvalue weighted by molar-refractivity contribution is 7.92. The number of fused-ring (bicyclic) bond motifs is 1. The third-order valence-electron chi connectivity index (χ3n) is 5.59. The Hall–Kier alpha value is -4.48. The Labute approximate surface area is 225 Å². The number of benzene rings is 3. The van der Waals surface area contributed by atoms with Crippen LogP contribution in [0.3, 0.4) is 0 Å². The van der Waals surface area contributed by atoms with Crippen LogP contribution in [-0.4, -0.2) is 42.8 Å². The number of nitrogens with one attached hydrogen (secondary N) is 2. The van der Waals surface area contributed by atoms with Crippen molar-refractivity contribution < 1.29 is 23.1 Å². The van der Waals surface area contributed by atoms with Crippen LogP contribution in [0.25, 0.3) is 10.8 Å². The third kappa shape index (κ3) is 6.07. The Kier molecular flexibility index (Phi) is 8.66. The number of aliphatic carboxylic acids is 1. The van der Waals surface area contributed by atoms with Gasteiger partial charge in [0.2, 0.25) is 0 Å². The number of anilines is 1. The first-order valence-corrected chi connectivity index (χ1v) is 12.5. The molecule has 0 atom stereocenters. The minimum Gasteiger partial charge on any atom is -0.480 e. The van der Waals surface area contributed by atoms with Crippen LogP contribution in [0.4, 0.5) is 5.69 Å². The molecule has 1 aromatic heterocycles. The maximum Gasteiger partial charge on any atom is 0.324 e. The van der Waals surface area contributed by atoms with Gasteiger partial charge < -0.3 is 16.2 Å². The summed E-state index contributed by atoms with van der Waals surface area (Å²) in [5.41, 5.74) is 7.38. The molecule has 1 heterocycles. The summed E-state index contributed by atoms with van der Waals surface area (Å²) in [5.74, 6) is -1.71. The van der Waals surface area contributed by atoms with E-state index in [2.05, 4.69) is 10.3 Å². The molecule has 10 nitrogen and oxygen atoms in total. The molecule has 0 saturated carbocycles. The molecular weight excluding hydrogens is 530 g/mol. The number of carbonyl (C=O) groups is 2. The van der Waals surface area contributed by atoms with Crippen LogP contribution in [0.5, 0.6) is 0 Å². The Morgan fingerprint density at radius 3 is 2.37 bits per heavy atom. The zero-order valence-corrected chi connectivity index (χ0v) is 21.5. The number of carbonyl (C=O) groups excluding carboxylic acids is 1. The number of amidine groups is 1. The van der Waals surface area contributed by atoms with E-state index in [9.17, 15) is 23.1 Å². The largest absolute Gasteiger partial charge is 0.480 e. The van der Waals surface area contributed by atoms with Crippen LogP contribution in [0, 0.1) is 5.41 Å². The molecule has 4 aromatic rings. The number of carboxylic acid groups (broad SMARTS) is 1. The smallest absolute Gasteiger partial charge is 0.324 e. The third-order valence-corrected chi connectivity index (χ3v) is 7.28. The Morgan fingerprint density at radius 2 is 1.74 bits per heavy atom. The minimum atomic E-state index is -4.25. The number of hydrogen-bond acceptors (Lipinski definition) is 6. The number of carboxylic acids is 1. The normalized spacial score (nSPS) is 10.8. The number of nitrogens with zero attached hydrogens (tertiary/aromatic N) is 2. The fraction of sp³-hybridized carbons (Fsp3) is 0.0769. The summed E-state index contributed by atoms with van der Waals surface area (Å²) in [5, 5.41) is 20.5. The van der Waals surface area contributed by atoms with E-state index in [0.29, 0.717) is 21.9 Å². The van der Waals surface area contributed by atoms with Gasteiger partial charge in [0.15, 0.2) is 5.03 Å². The van der Waals surface area contributed by atoms with Crippen LogP contribution in [0.2, 0.25) is 0 Å². The highest BCUT2D eigenvalue weighted by Gasteiger charge is 2.28. The SMILES string of the molecule is Cl.N=C(N)c1ccc(CNC(=O)c2cccc3cc(N(CC(=O)O)S(=O)(=O)c4ccccn4)ccc23)cc1. The maximum atomic E-state index is 13.2. The number of rotatable bonds is 9. The standard InChI is InChI=1S/C26H23N5O5S.ClH/c27-25(28)18-9-7-17(8-10-18)15-30-26(34)22-5-3-4-19-14-20(11-12-21(19)22)31(16-24(32)33)37(35,36)23-6-1-2-13-29-23;/h1-14H,15-16H2,(H3,27,28)(H,30,34)(H,32,33);1H. The van der Waals surface area contributed by atoms with Crippen molar-refractivity contribution in [1.29, 1.82) is 5.41 Å². The van der Waals surface area contributed by atoms with E-state index < -0.39 is 22.5 Å². The second-order valence-electron chi connectivity index (χ2n) is 8.08. The van der Waals surface area contributed by atoms with Gasteiger partial charge >= 0.3 is 5.97 Å². The molecule has 12 heteroatoms. The monoisotopic (exact) mass is 553 g/mol.